The minimum atomic E-state index is 0.352. The fourth-order valence-corrected chi connectivity index (χ4v) is 3.50. The average molecular weight is 378 g/mol. The lowest BCUT2D eigenvalue weighted by Gasteiger charge is -2.11. The van der Waals surface area contributed by atoms with Gasteiger partial charge in [-0.15, -0.1) is 11.3 Å². The summed E-state index contributed by atoms with van der Waals surface area (Å²) in [5.74, 6) is 0.807. The van der Waals surface area contributed by atoms with Crippen molar-refractivity contribution in [1.82, 2.24) is 5.32 Å². The number of ether oxygens (including phenoxy) is 1. The second-order valence-corrected chi connectivity index (χ2v) is 7.17. The molecule has 0 spiro atoms. The third kappa shape index (κ3) is 4.74. The van der Waals surface area contributed by atoms with Crippen molar-refractivity contribution in [3.8, 4) is 5.75 Å². The summed E-state index contributed by atoms with van der Waals surface area (Å²) in [7, 11) is 0. The Morgan fingerprint density at radius 2 is 1.71 bits per heavy atom. The Bertz CT molecular complexity index is 770. The van der Waals surface area contributed by atoms with Crippen LogP contribution in [0.3, 0.4) is 0 Å². The molecule has 0 saturated carbocycles. The van der Waals surface area contributed by atoms with Crippen molar-refractivity contribution in [2.24, 2.45) is 0 Å². The minimum absolute atomic E-state index is 0.352. The van der Waals surface area contributed by atoms with Crippen LogP contribution in [0.1, 0.15) is 16.0 Å². The SMILES string of the molecule is Clc1cccc(Cl)c1COc1cccc(CNCc2cccs2)c1. The number of hydrogen-bond acceptors (Lipinski definition) is 3. The molecule has 3 rings (SSSR count). The number of hydrogen-bond donors (Lipinski definition) is 1. The second kappa shape index (κ2) is 8.54. The Morgan fingerprint density at radius 1 is 0.917 bits per heavy atom. The fraction of sp³-hybridized carbons (Fsp3) is 0.158. The highest BCUT2D eigenvalue weighted by Crippen LogP contribution is 2.26. The highest BCUT2D eigenvalue weighted by atomic mass is 35.5. The van der Waals surface area contributed by atoms with Crippen LogP contribution in [0.2, 0.25) is 10.0 Å². The predicted octanol–water partition coefficient (Wildman–Crippen LogP) is 5.92. The topological polar surface area (TPSA) is 21.3 Å². The van der Waals surface area contributed by atoms with Gasteiger partial charge in [-0.2, -0.15) is 0 Å². The smallest absolute Gasteiger partial charge is 0.120 e. The van der Waals surface area contributed by atoms with Crippen LogP contribution in [0.4, 0.5) is 0 Å². The summed E-state index contributed by atoms with van der Waals surface area (Å²) in [6.07, 6.45) is 0. The molecule has 5 heteroatoms. The number of thiophene rings is 1. The molecule has 0 saturated heterocycles. The molecule has 0 radical (unpaired) electrons. The van der Waals surface area contributed by atoms with Gasteiger partial charge in [0.2, 0.25) is 0 Å². The quantitative estimate of drug-likeness (QED) is 0.551. The molecule has 24 heavy (non-hydrogen) atoms. The van der Waals surface area contributed by atoms with Gasteiger partial charge in [-0.1, -0.05) is 47.5 Å². The van der Waals surface area contributed by atoms with Crippen molar-refractivity contribution < 1.29 is 4.74 Å². The highest BCUT2D eigenvalue weighted by molar-refractivity contribution is 7.09. The maximum atomic E-state index is 6.17. The van der Waals surface area contributed by atoms with Gasteiger partial charge in [0, 0.05) is 33.6 Å². The van der Waals surface area contributed by atoms with Crippen molar-refractivity contribution in [2.45, 2.75) is 19.7 Å². The van der Waals surface area contributed by atoms with Gasteiger partial charge in [-0.25, -0.2) is 0 Å². The van der Waals surface area contributed by atoms with Crippen LogP contribution in [0.25, 0.3) is 0 Å². The van der Waals surface area contributed by atoms with Gasteiger partial charge in [-0.05, 0) is 41.3 Å². The Hall–Kier alpha value is -1.52. The lowest BCUT2D eigenvalue weighted by molar-refractivity contribution is 0.306. The second-order valence-electron chi connectivity index (χ2n) is 5.32. The van der Waals surface area contributed by atoms with Gasteiger partial charge in [0.1, 0.15) is 12.4 Å². The van der Waals surface area contributed by atoms with E-state index in [0.717, 1.165) is 24.4 Å². The van der Waals surface area contributed by atoms with Crippen LogP contribution in [-0.2, 0) is 19.7 Å². The monoisotopic (exact) mass is 377 g/mol. The van der Waals surface area contributed by atoms with Crippen LogP contribution in [-0.4, -0.2) is 0 Å². The normalized spacial score (nSPS) is 10.8. The Kier molecular flexibility index (Phi) is 6.16. The molecule has 0 atom stereocenters. The molecule has 1 N–H and O–H groups in total. The zero-order chi connectivity index (χ0) is 16.8. The third-order valence-electron chi connectivity index (χ3n) is 3.55. The van der Waals surface area contributed by atoms with Gasteiger partial charge in [-0.3, -0.25) is 0 Å². The van der Waals surface area contributed by atoms with Crippen LogP contribution in [0.15, 0.2) is 60.0 Å². The summed E-state index contributed by atoms with van der Waals surface area (Å²) in [5.41, 5.74) is 1.98. The Morgan fingerprint density at radius 3 is 2.46 bits per heavy atom. The van der Waals surface area contributed by atoms with E-state index in [1.165, 1.54) is 10.4 Å². The van der Waals surface area contributed by atoms with Crippen molar-refractivity contribution in [3.05, 3.63) is 86.0 Å². The first-order chi connectivity index (χ1) is 11.7. The molecule has 0 amide bonds. The van der Waals surface area contributed by atoms with E-state index in [9.17, 15) is 0 Å². The van der Waals surface area contributed by atoms with Gasteiger partial charge in [0.25, 0.3) is 0 Å². The predicted molar refractivity (Wildman–Crippen MR) is 102 cm³/mol. The van der Waals surface area contributed by atoms with Crippen molar-refractivity contribution in [1.29, 1.82) is 0 Å². The lowest BCUT2D eigenvalue weighted by Crippen LogP contribution is -2.11. The van der Waals surface area contributed by atoms with Crippen molar-refractivity contribution >= 4 is 34.5 Å². The average Bonchev–Trinajstić information content (AvgIpc) is 3.08. The maximum Gasteiger partial charge on any atom is 0.120 e. The standard InChI is InChI=1S/C19H17Cl2NOS/c20-18-7-2-8-19(21)17(18)13-23-15-5-1-4-14(10-15)11-22-12-16-6-3-9-24-16/h1-10,22H,11-13H2. The van der Waals surface area contributed by atoms with E-state index in [1.807, 2.05) is 36.4 Å². The van der Waals surface area contributed by atoms with Gasteiger partial charge in [0.05, 0.1) is 0 Å². The third-order valence-corrected chi connectivity index (χ3v) is 5.14. The molecule has 2 aromatic carbocycles. The first-order valence-electron chi connectivity index (χ1n) is 7.60. The van der Waals surface area contributed by atoms with Crippen LogP contribution < -0.4 is 10.1 Å². The zero-order valence-corrected chi connectivity index (χ0v) is 15.3. The van der Waals surface area contributed by atoms with E-state index in [2.05, 4.69) is 28.9 Å². The summed E-state index contributed by atoms with van der Waals surface area (Å²) >= 11 is 14.1. The Labute approximate surface area is 156 Å². The van der Waals surface area contributed by atoms with Crippen LogP contribution >= 0.6 is 34.5 Å². The minimum Gasteiger partial charge on any atom is -0.489 e. The molecule has 1 aromatic heterocycles. The van der Waals surface area contributed by atoms with E-state index in [0.29, 0.717) is 16.7 Å². The first-order valence-corrected chi connectivity index (χ1v) is 9.23. The van der Waals surface area contributed by atoms with E-state index < -0.39 is 0 Å². The summed E-state index contributed by atoms with van der Waals surface area (Å²) in [4.78, 5) is 1.33. The van der Waals surface area contributed by atoms with Crippen molar-refractivity contribution in [2.75, 3.05) is 0 Å². The molecule has 0 aliphatic rings. The van der Waals surface area contributed by atoms with Crippen molar-refractivity contribution in [3.63, 3.8) is 0 Å². The number of rotatable bonds is 7. The molecule has 2 nitrogen and oxygen atoms in total. The van der Waals surface area contributed by atoms with E-state index in [4.69, 9.17) is 27.9 Å². The zero-order valence-electron chi connectivity index (χ0n) is 13.0. The van der Waals surface area contributed by atoms with Crippen LogP contribution in [0.5, 0.6) is 5.75 Å². The first kappa shape index (κ1) is 17.3. The summed E-state index contributed by atoms with van der Waals surface area (Å²) in [6, 6.07) is 17.7. The lowest BCUT2D eigenvalue weighted by atomic mass is 10.2. The number of benzene rings is 2. The van der Waals surface area contributed by atoms with E-state index in [1.54, 1.807) is 11.3 Å². The van der Waals surface area contributed by atoms with E-state index in [-0.39, 0.29) is 0 Å². The number of halogens is 2. The van der Waals surface area contributed by atoms with E-state index >= 15 is 0 Å². The largest absolute Gasteiger partial charge is 0.489 e. The van der Waals surface area contributed by atoms with Gasteiger partial charge >= 0.3 is 0 Å². The molecule has 3 aromatic rings. The molecule has 124 valence electrons. The summed E-state index contributed by atoms with van der Waals surface area (Å²) in [6.45, 7) is 2.02. The van der Waals surface area contributed by atoms with Gasteiger partial charge < -0.3 is 10.1 Å². The molecule has 0 aliphatic carbocycles. The van der Waals surface area contributed by atoms with Crippen LogP contribution in [0, 0.1) is 0 Å². The summed E-state index contributed by atoms with van der Waals surface area (Å²) < 4.78 is 5.85. The maximum absolute atomic E-state index is 6.17. The molecule has 0 unspecified atom stereocenters. The molecule has 0 aliphatic heterocycles. The summed E-state index contributed by atoms with van der Waals surface area (Å²) in [5, 5.41) is 6.77. The fourth-order valence-electron chi connectivity index (χ4n) is 2.31. The molecule has 1 heterocycles. The highest BCUT2D eigenvalue weighted by Gasteiger charge is 2.06. The molecular formula is C19H17Cl2NOS. The molecule has 0 bridgehead atoms. The molecule has 0 fully saturated rings. The molecular weight excluding hydrogens is 361 g/mol. The Balaban J connectivity index is 1.57. The number of nitrogens with one attached hydrogen (secondary N) is 1. The van der Waals surface area contributed by atoms with Gasteiger partial charge in [0.15, 0.2) is 0 Å².